The van der Waals surface area contributed by atoms with Crippen molar-refractivity contribution in [3.8, 4) is 0 Å². The maximum Gasteiger partial charge on any atom is 0.167 e. The summed E-state index contributed by atoms with van der Waals surface area (Å²) in [7, 11) is 0. The minimum atomic E-state index is -0.410. The Kier molecular flexibility index (Phi) is 3.57. The van der Waals surface area contributed by atoms with E-state index in [4.69, 9.17) is 11.6 Å². The lowest BCUT2D eigenvalue weighted by Crippen LogP contribution is -2.38. The topological polar surface area (TPSA) is 46.8 Å². The largest absolute Gasteiger partial charge is 0.345 e. The first kappa shape index (κ1) is 14.3. The first-order valence-corrected chi connectivity index (χ1v) is 7.34. The Labute approximate surface area is 127 Å². The second-order valence-electron chi connectivity index (χ2n) is 5.69. The average molecular weight is 310 g/mol. The van der Waals surface area contributed by atoms with Crippen LogP contribution in [0.1, 0.15) is 44.4 Å². The third-order valence-corrected chi connectivity index (χ3v) is 3.86. The van der Waals surface area contributed by atoms with Gasteiger partial charge in [-0.05, 0) is 13.0 Å². The van der Waals surface area contributed by atoms with Crippen LogP contribution in [0, 0.1) is 5.82 Å². The molecule has 3 heterocycles. The molecule has 0 saturated carbocycles. The van der Waals surface area contributed by atoms with Crippen LogP contribution in [0.2, 0.25) is 5.02 Å². The van der Waals surface area contributed by atoms with Gasteiger partial charge in [-0.1, -0.05) is 25.4 Å². The molecular formula is C14H17ClFN5. The minimum absolute atomic E-state index is 0.165. The Bertz CT molecular complexity index is 669. The fourth-order valence-electron chi connectivity index (χ4n) is 2.76. The summed E-state index contributed by atoms with van der Waals surface area (Å²) in [5, 5.41) is 8.81. The molecule has 7 heteroatoms. The highest BCUT2D eigenvalue weighted by atomic mass is 35.5. The molecule has 0 aromatic carbocycles. The van der Waals surface area contributed by atoms with Crippen molar-refractivity contribution < 1.29 is 4.39 Å². The molecule has 0 saturated heterocycles. The van der Waals surface area contributed by atoms with Crippen molar-refractivity contribution in [3.05, 3.63) is 34.8 Å². The predicted octanol–water partition coefficient (Wildman–Crippen LogP) is 3.17. The number of anilines is 1. The lowest BCUT2D eigenvalue weighted by molar-refractivity contribution is 0.436. The molecule has 21 heavy (non-hydrogen) atoms. The van der Waals surface area contributed by atoms with Crippen molar-refractivity contribution >= 4 is 17.4 Å². The molecule has 0 aliphatic carbocycles. The lowest BCUT2D eigenvalue weighted by Gasteiger charge is -2.33. The van der Waals surface area contributed by atoms with E-state index in [-0.39, 0.29) is 6.04 Å². The van der Waals surface area contributed by atoms with E-state index in [1.54, 1.807) is 0 Å². The van der Waals surface area contributed by atoms with Crippen LogP contribution < -0.4 is 4.90 Å². The zero-order valence-electron chi connectivity index (χ0n) is 12.2. The predicted molar refractivity (Wildman–Crippen MR) is 79.1 cm³/mol. The number of pyridine rings is 1. The van der Waals surface area contributed by atoms with E-state index < -0.39 is 5.82 Å². The summed E-state index contributed by atoms with van der Waals surface area (Å²) in [4.78, 5) is 5.99. The quantitative estimate of drug-likeness (QED) is 0.855. The smallest absolute Gasteiger partial charge is 0.167 e. The molecule has 0 spiro atoms. The standard InChI is InChI=1S/C14H17ClFN5/c1-8(2)13-19-18-12-7-20(6-9(3)21(12)13)14-11(16)4-10(15)5-17-14/h4-5,8-9H,6-7H2,1-3H3/t9-/m0/s1. The Morgan fingerprint density at radius 3 is 2.81 bits per heavy atom. The summed E-state index contributed by atoms with van der Waals surface area (Å²) < 4.78 is 16.2. The highest BCUT2D eigenvalue weighted by Gasteiger charge is 2.29. The first-order chi connectivity index (χ1) is 9.97. The monoisotopic (exact) mass is 309 g/mol. The van der Waals surface area contributed by atoms with Gasteiger partial charge in [-0.3, -0.25) is 0 Å². The second kappa shape index (κ2) is 5.26. The van der Waals surface area contributed by atoms with Gasteiger partial charge >= 0.3 is 0 Å². The number of aromatic nitrogens is 4. The van der Waals surface area contributed by atoms with Gasteiger partial charge in [0.2, 0.25) is 0 Å². The molecular weight excluding hydrogens is 293 g/mol. The molecule has 0 fully saturated rings. The van der Waals surface area contributed by atoms with Gasteiger partial charge in [0.1, 0.15) is 5.82 Å². The molecule has 0 amide bonds. The zero-order valence-corrected chi connectivity index (χ0v) is 13.0. The number of rotatable bonds is 2. The van der Waals surface area contributed by atoms with Gasteiger partial charge in [0, 0.05) is 18.7 Å². The molecule has 112 valence electrons. The van der Waals surface area contributed by atoms with Crippen molar-refractivity contribution in [2.24, 2.45) is 0 Å². The van der Waals surface area contributed by atoms with E-state index in [1.807, 2.05) is 4.90 Å². The Morgan fingerprint density at radius 2 is 2.14 bits per heavy atom. The summed E-state index contributed by atoms with van der Waals surface area (Å²) in [6.45, 7) is 7.43. The highest BCUT2D eigenvalue weighted by molar-refractivity contribution is 6.30. The Morgan fingerprint density at radius 1 is 1.38 bits per heavy atom. The Balaban J connectivity index is 1.95. The van der Waals surface area contributed by atoms with Gasteiger partial charge in [-0.15, -0.1) is 10.2 Å². The van der Waals surface area contributed by atoms with Crippen LogP contribution in [-0.4, -0.2) is 26.3 Å². The molecule has 3 rings (SSSR count). The number of hydrogen-bond donors (Lipinski definition) is 0. The fraction of sp³-hybridized carbons (Fsp3) is 0.500. The number of halogens is 2. The van der Waals surface area contributed by atoms with Crippen LogP contribution in [0.4, 0.5) is 10.2 Å². The van der Waals surface area contributed by atoms with E-state index in [0.717, 1.165) is 11.6 Å². The van der Waals surface area contributed by atoms with Crippen LogP contribution in [0.25, 0.3) is 0 Å². The average Bonchev–Trinajstić information content (AvgIpc) is 2.83. The maximum atomic E-state index is 14.0. The van der Waals surface area contributed by atoms with Crippen molar-refractivity contribution in [2.45, 2.75) is 39.3 Å². The van der Waals surface area contributed by atoms with Crippen LogP contribution >= 0.6 is 11.6 Å². The van der Waals surface area contributed by atoms with Crippen LogP contribution in [0.3, 0.4) is 0 Å². The number of fused-ring (bicyclic) bond motifs is 1. The second-order valence-corrected chi connectivity index (χ2v) is 6.12. The van der Waals surface area contributed by atoms with Gasteiger partial charge in [0.15, 0.2) is 17.5 Å². The van der Waals surface area contributed by atoms with Gasteiger partial charge in [-0.2, -0.15) is 0 Å². The lowest BCUT2D eigenvalue weighted by atomic mass is 10.1. The van der Waals surface area contributed by atoms with E-state index >= 15 is 0 Å². The van der Waals surface area contributed by atoms with Crippen LogP contribution in [-0.2, 0) is 6.54 Å². The van der Waals surface area contributed by atoms with Gasteiger partial charge in [0.25, 0.3) is 0 Å². The Hall–Kier alpha value is -1.69. The first-order valence-electron chi connectivity index (χ1n) is 6.97. The molecule has 0 unspecified atom stereocenters. The molecule has 1 aliphatic rings. The molecule has 0 bridgehead atoms. The molecule has 5 nitrogen and oxygen atoms in total. The van der Waals surface area contributed by atoms with Crippen molar-refractivity contribution in [3.63, 3.8) is 0 Å². The molecule has 2 aromatic rings. The van der Waals surface area contributed by atoms with E-state index in [1.165, 1.54) is 12.3 Å². The summed E-state index contributed by atoms with van der Waals surface area (Å²) in [6, 6.07) is 1.45. The SMILES string of the molecule is CC(C)c1nnc2n1[C@@H](C)CN(c1ncc(Cl)cc1F)C2. The van der Waals surface area contributed by atoms with E-state index in [0.29, 0.717) is 29.8 Å². The van der Waals surface area contributed by atoms with Gasteiger partial charge in [-0.25, -0.2) is 9.37 Å². The third kappa shape index (κ3) is 2.48. The van der Waals surface area contributed by atoms with E-state index in [2.05, 4.69) is 40.5 Å². The normalized spacial score (nSPS) is 18.2. The zero-order chi connectivity index (χ0) is 15.1. The minimum Gasteiger partial charge on any atom is -0.345 e. The summed E-state index contributed by atoms with van der Waals surface area (Å²) >= 11 is 5.76. The number of nitrogens with zero attached hydrogens (tertiary/aromatic N) is 5. The van der Waals surface area contributed by atoms with Crippen LogP contribution in [0.15, 0.2) is 12.3 Å². The maximum absolute atomic E-state index is 14.0. The summed E-state index contributed by atoms with van der Waals surface area (Å²) in [6.07, 6.45) is 1.46. The fourth-order valence-corrected chi connectivity index (χ4v) is 2.90. The molecule has 1 aliphatic heterocycles. The molecule has 0 radical (unpaired) electrons. The highest BCUT2D eigenvalue weighted by Crippen LogP contribution is 2.29. The van der Waals surface area contributed by atoms with Crippen LogP contribution in [0.5, 0.6) is 0 Å². The third-order valence-electron chi connectivity index (χ3n) is 3.65. The van der Waals surface area contributed by atoms with E-state index in [9.17, 15) is 4.39 Å². The van der Waals surface area contributed by atoms with Crippen molar-refractivity contribution in [2.75, 3.05) is 11.4 Å². The number of hydrogen-bond acceptors (Lipinski definition) is 4. The molecule has 2 aromatic heterocycles. The van der Waals surface area contributed by atoms with Crippen molar-refractivity contribution in [1.82, 2.24) is 19.7 Å². The van der Waals surface area contributed by atoms with Crippen molar-refractivity contribution in [1.29, 1.82) is 0 Å². The molecule has 1 atom stereocenters. The summed E-state index contributed by atoms with van der Waals surface area (Å²) in [5.41, 5.74) is 0. The molecule has 0 N–H and O–H groups in total. The van der Waals surface area contributed by atoms with Gasteiger partial charge < -0.3 is 9.47 Å². The van der Waals surface area contributed by atoms with Gasteiger partial charge in [0.05, 0.1) is 17.6 Å². The summed E-state index contributed by atoms with van der Waals surface area (Å²) in [5.74, 6) is 2.03.